The molecule has 136 valence electrons. The number of nitrogens with one attached hydrogen (secondary N) is 2. The molecular weight excluding hydrogens is 326 g/mol. The van der Waals surface area contributed by atoms with E-state index in [0.29, 0.717) is 12.4 Å². The fraction of sp³-hybridized carbons (Fsp3) is 0.368. The lowest BCUT2D eigenvalue weighted by Crippen LogP contribution is -2.21. The van der Waals surface area contributed by atoms with Gasteiger partial charge in [0.05, 0.1) is 17.9 Å². The molecule has 0 aliphatic carbocycles. The van der Waals surface area contributed by atoms with Crippen molar-refractivity contribution in [3.63, 3.8) is 0 Å². The van der Waals surface area contributed by atoms with Gasteiger partial charge in [-0.15, -0.1) is 0 Å². The van der Waals surface area contributed by atoms with E-state index < -0.39 is 0 Å². The van der Waals surface area contributed by atoms with Crippen LogP contribution in [0.1, 0.15) is 24.1 Å². The third-order valence-electron chi connectivity index (χ3n) is 4.30. The van der Waals surface area contributed by atoms with Gasteiger partial charge in [0.1, 0.15) is 5.82 Å². The quantitative estimate of drug-likeness (QED) is 0.347. The second-order valence-corrected chi connectivity index (χ2v) is 6.17. The molecule has 0 aromatic carbocycles. The van der Waals surface area contributed by atoms with Gasteiger partial charge in [0.2, 0.25) is 0 Å². The standard InChI is InChI=1S/C19H25N7/c1-15-17(7-8-18(24-15)26-12-3-4-13-26)19(20-2)25-23-11-10-22-16-6-5-9-21-14-16/h5-9,14,22-23H,2-4,10-13H2,1H3/b25-19-. The van der Waals surface area contributed by atoms with Gasteiger partial charge in [-0.3, -0.25) is 4.98 Å². The minimum atomic E-state index is 0.560. The highest BCUT2D eigenvalue weighted by molar-refractivity contribution is 6.02. The Bertz CT molecular complexity index is 752. The van der Waals surface area contributed by atoms with Crippen LogP contribution in [0.25, 0.3) is 0 Å². The van der Waals surface area contributed by atoms with Crippen LogP contribution in [-0.2, 0) is 0 Å². The number of aryl methyl sites for hydroxylation is 1. The summed E-state index contributed by atoms with van der Waals surface area (Å²) in [6, 6.07) is 7.94. The molecule has 2 N–H and O–H groups in total. The summed E-state index contributed by atoms with van der Waals surface area (Å²) in [4.78, 5) is 15.2. The van der Waals surface area contributed by atoms with Crippen LogP contribution < -0.4 is 15.6 Å². The first kappa shape index (κ1) is 17.8. The van der Waals surface area contributed by atoms with Crippen molar-refractivity contribution in [2.45, 2.75) is 19.8 Å². The fourth-order valence-corrected chi connectivity index (χ4v) is 2.95. The molecule has 0 spiro atoms. The van der Waals surface area contributed by atoms with Crippen molar-refractivity contribution < 1.29 is 0 Å². The highest BCUT2D eigenvalue weighted by atomic mass is 15.3. The molecule has 1 saturated heterocycles. The highest BCUT2D eigenvalue weighted by Gasteiger charge is 2.15. The summed E-state index contributed by atoms with van der Waals surface area (Å²) in [5.74, 6) is 1.59. The molecule has 1 aliphatic heterocycles. The maximum absolute atomic E-state index is 4.72. The number of pyridine rings is 2. The van der Waals surface area contributed by atoms with Crippen LogP contribution >= 0.6 is 0 Å². The molecule has 0 amide bonds. The third kappa shape index (κ3) is 4.56. The van der Waals surface area contributed by atoms with Gasteiger partial charge in [-0.1, -0.05) is 0 Å². The Balaban J connectivity index is 1.57. The van der Waals surface area contributed by atoms with Crippen LogP contribution in [0.5, 0.6) is 0 Å². The number of amidine groups is 1. The first-order valence-corrected chi connectivity index (χ1v) is 8.92. The Morgan fingerprint density at radius 3 is 2.77 bits per heavy atom. The average molecular weight is 351 g/mol. The van der Waals surface area contributed by atoms with Gasteiger partial charge in [0.15, 0.2) is 5.84 Å². The Morgan fingerprint density at radius 1 is 1.23 bits per heavy atom. The average Bonchev–Trinajstić information content (AvgIpc) is 3.21. The Morgan fingerprint density at radius 2 is 2.08 bits per heavy atom. The molecule has 1 fully saturated rings. The van der Waals surface area contributed by atoms with E-state index in [1.807, 2.05) is 31.2 Å². The van der Waals surface area contributed by atoms with E-state index in [1.165, 1.54) is 12.8 Å². The van der Waals surface area contributed by atoms with E-state index in [1.54, 1.807) is 12.4 Å². The lowest BCUT2D eigenvalue weighted by atomic mass is 10.2. The molecule has 2 aromatic rings. The van der Waals surface area contributed by atoms with Crippen molar-refractivity contribution in [1.82, 2.24) is 15.4 Å². The maximum atomic E-state index is 4.72. The Kier molecular flexibility index (Phi) is 6.14. The van der Waals surface area contributed by atoms with E-state index in [9.17, 15) is 0 Å². The summed E-state index contributed by atoms with van der Waals surface area (Å²) in [5, 5.41) is 7.63. The molecular formula is C19H25N7. The second-order valence-electron chi connectivity index (χ2n) is 6.17. The molecule has 3 heterocycles. The number of nitrogens with zero attached hydrogens (tertiary/aromatic N) is 5. The van der Waals surface area contributed by atoms with E-state index in [4.69, 9.17) is 4.98 Å². The molecule has 7 nitrogen and oxygen atoms in total. The predicted molar refractivity (Wildman–Crippen MR) is 107 cm³/mol. The zero-order valence-electron chi connectivity index (χ0n) is 15.1. The minimum Gasteiger partial charge on any atom is -0.382 e. The van der Waals surface area contributed by atoms with E-state index in [2.05, 4.69) is 37.4 Å². The summed E-state index contributed by atoms with van der Waals surface area (Å²) in [6.07, 6.45) is 6.01. The lowest BCUT2D eigenvalue weighted by molar-refractivity contribution is 0.754. The summed E-state index contributed by atoms with van der Waals surface area (Å²) < 4.78 is 0. The van der Waals surface area contributed by atoms with Crippen molar-refractivity contribution in [3.8, 4) is 0 Å². The van der Waals surface area contributed by atoms with E-state index >= 15 is 0 Å². The molecule has 0 bridgehead atoms. The van der Waals surface area contributed by atoms with Gasteiger partial charge in [0.25, 0.3) is 0 Å². The number of aliphatic imine (C=N–C) groups is 1. The monoisotopic (exact) mass is 351 g/mol. The smallest absolute Gasteiger partial charge is 0.180 e. The van der Waals surface area contributed by atoms with Gasteiger partial charge in [-0.05, 0) is 50.7 Å². The molecule has 0 radical (unpaired) electrons. The summed E-state index contributed by atoms with van der Waals surface area (Å²) in [6.45, 7) is 9.18. The number of hydrogen-bond donors (Lipinski definition) is 2. The number of hydrazone groups is 1. The van der Waals surface area contributed by atoms with Crippen molar-refractivity contribution in [2.75, 3.05) is 36.4 Å². The van der Waals surface area contributed by atoms with E-state index in [-0.39, 0.29) is 0 Å². The SMILES string of the molecule is C=N/C(=N\NCCNc1cccnc1)c1ccc(N2CCCC2)nc1C. The van der Waals surface area contributed by atoms with Crippen LogP contribution in [0.4, 0.5) is 11.5 Å². The fourth-order valence-electron chi connectivity index (χ4n) is 2.95. The molecule has 3 rings (SSSR count). The lowest BCUT2D eigenvalue weighted by Gasteiger charge is -2.17. The zero-order valence-corrected chi connectivity index (χ0v) is 15.1. The normalized spacial score (nSPS) is 14.3. The maximum Gasteiger partial charge on any atom is 0.180 e. The van der Waals surface area contributed by atoms with E-state index in [0.717, 1.165) is 42.4 Å². The largest absolute Gasteiger partial charge is 0.382 e. The van der Waals surface area contributed by atoms with Crippen LogP contribution in [0.3, 0.4) is 0 Å². The van der Waals surface area contributed by atoms with Crippen molar-refractivity contribution >= 4 is 24.1 Å². The minimum absolute atomic E-state index is 0.560. The van der Waals surface area contributed by atoms with Gasteiger partial charge in [0, 0.05) is 37.6 Å². The molecule has 2 aromatic heterocycles. The molecule has 1 aliphatic rings. The molecule has 26 heavy (non-hydrogen) atoms. The summed E-state index contributed by atoms with van der Waals surface area (Å²) in [7, 11) is 0. The van der Waals surface area contributed by atoms with Gasteiger partial charge < -0.3 is 15.6 Å². The van der Waals surface area contributed by atoms with Crippen LogP contribution in [0.2, 0.25) is 0 Å². The molecule has 0 saturated carbocycles. The van der Waals surface area contributed by atoms with Crippen LogP contribution in [0.15, 0.2) is 46.8 Å². The topological polar surface area (TPSA) is 77.8 Å². The molecule has 7 heteroatoms. The molecule has 0 atom stereocenters. The highest BCUT2D eigenvalue weighted by Crippen LogP contribution is 2.20. The van der Waals surface area contributed by atoms with Crippen molar-refractivity contribution in [2.24, 2.45) is 10.1 Å². The first-order chi connectivity index (χ1) is 12.8. The summed E-state index contributed by atoms with van der Waals surface area (Å²) >= 11 is 0. The number of anilines is 2. The van der Waals surface area contributed by atoms with Crippen molar-refractivity contribution in [1.29, 1.82) is 0 Å². The number of aromatic nitrogens is 2. The third-order valence-corrected chi connectivity index (χ3v) is 4.30. The van der Waals surface area contributed by atoms with Crippen LogP contribution in [0, 0.1) is 6.92 Å². The Labute approximate surface area is 154 Å². The van der Waals surface area contributed by atoms with Gasteiger partial charge >= 0.3 is 0 Å². The van der Waals surface area contributed by atoms with Gasteiger partial charge in [-0.2, -0.15) is 5.10 Å². The number of hydrogen-bond acceptors (Lipinski definition) is 6. The predicted octanol–water partition coefficient (Wildman–Crippen LogP) is 2.45. The van der Waals surface area contributed by atoms with Gasteiger partial charge in [-0.25, -0.2) is 9.98 Å². The first-order valence-electron chi connectivity index (χ1n) is 8.92. The van der Waals surface area contributed by atoms with Crippen molar-refractivity contribution in [3.05, 3.63) is 47.9 Å². The second kappa shape index (κ2) is 8.94. The number of rotatable bonds is 7. The zero-order chi connectivity index (χ0) is 18.2. The molecule has 0 unspecified atom stereocenters. The Hall–Kier alpha value is -2.96. The van der Waals surface area contributed by atoms with Crippen LogP contribution in [-0.4, -0.2) is 48.7 Å². The summed E-state index contributed by atoms with van der Waals surface area (Å²) in [5.41, 5.74) is 5.83.